The summed E-state index contributed by atoms with van der Waals surface area (Å²) >= 11 is 0. The average molecular weight is 386 g/mol. The second-order valence-corrected chi connectivity index (χ2v) is 6.06. The maximum absolute atomic E-state index is 12.7. The summed E-state index contributed by atoms with van der Waals surface area (Å²) in [6.07, 6.45) is -4.39. The second kappa shape index (κ2) is 7.64. The Labute approximate surface area is 159 Å². The maximum Gasteiger partial charge on any atom is 0.416 e. The molecule has 0 spiro atoms. The van der Waals surface area contributed by atoms with Gasteiger partial charge < -0.3 is 15.8 Å². The highest BCUT2D eigenvalue weighted by Crippen LogP contribution is 2.32. The van der Waals surface area contributed by atoms with E-state index in [-0.39, 0.29) is 5.91 Å². The van der Waals surface area contributed by atoms with Crippen LogP contribution in [0.15, 0.2) is 66.7 Å². The van der Waals surface area contributed by atoms with Crippen molar-refractivity contribution in [2.45, 2.75) is 6.18 Å². The summed E-state index contributed by atoms with van der Waals surface area (Å²) in [7, 11) is 1.53. The van der Waals surface area contributed by atoms with Gasteiger partial charge in [0, 0.05) is 5.56 Å². The number of nitrogen functional groups attached to an aromatic ring is 1. The van der Waals surface area contributed by atoms with Crippen molar-refractivity contribution in [1.29, 1.82) is 0 Å². The van der Waals surface area contributed by atoms with Crippen molar-refractivity contribution in [1.82, 2.24) is 0 Å². The first-order chi connectivity index (χ1) is 13.3. The summed E-state index contributed by atoms with van der Waals surface area (Å²) in [4.78, 5) is 12.4. The number of carbonyl (C=O) groups excluding carboxylic acids is 1. The Morgan fingerprint density at radius 1 is 0.929 bits per heavy atom. The number of rotatable bonds is 4. The van der Waals surface area contributed by atoms with Gasteiger partial charge in [0.25, 0.3) is 5.91 Å². The predicted molar refractivity (Wildman–Crippen MR) is 102 cm³/mol. The van der Waals surface area contributed by atoms with Crippen LogP contribution in [0.5, 0.6) is 5.75 Å². The summed E-state index contributed by atoms with van der Waals surface area (Å²) in [5, 5.41) is 2.73. The molecule has 3 N–H and O–H groups in total. The van der Waals surface area contributed by atoms with Gasteiger partial charge in [-0.1, -0.05) is 18.2 Å². The zero-order chi connectivity index (χ0) is 20.3. The first kappa shape index (κ1) is 19.3. The van der Waals surface area contributed by atoms with Gasteiger partial charge in [0.1, 0.15) is 5.75 Å². The second-order valence-electron chi connectivity index (χ2n) is 6.06. The zero-order valence-corrected chi connectivity index (χ0v) is 14.9. The lowest BCUT2D eigenvalue weighted by molar-refractivity contribution is -0.137. The Morgan fingerprint density at radius 2 is 1.54 bits per heavy atom. The van der Waals surface area contributed by atoms with Crippen molar-refractivity contribution >= 4 is 17.3 Å². The average Bonchev–Trinajstić information content (AvgIpc) is 2.69. The third-order valence-electron chi connectivity index (χ3n) is 4.20. The van der Waals surface area contributed by atoms with E-state index >= 15 is 0 Å². The first-order valence-corrected chi connectivity index (χ1v) is 8.30. The van der Waals surface area contributed by atoms with Gasteiger partial charge in [-0.3, -0.25) is 4.79 Å². The van der Waals surface area contributed by atoms with Crippen LogP contribution in [-0.4, -0.2) is 13.0 Å². The third kappa shape index (κ3) is 4.25. The number of nitrogens with one attached hydrogen (secondary N) is 1. The topological polar surface area (TPSA) is 64.3 Å². The Morgan fingerprint density at radius 3 is 2.11 bits per heavy atom. The molecular weight excluding hydrogens is 369 g/mol. The molecule has 3 rings (SSSR count). The van der Waals surface area contributed by atoms with E-state index in [0.29, 0.717) is 33.8 Å². The minimum atomic E-state index is -4.39. The molecule has 4 nitrogen and oxygen atoms in total. The van der Waals surface area contributed by atoms with Crippen molar-refractivity contribution < 1.29 is 22.7 Å². The highest BCUT2D eigenvalue weighted by atomic mass is 19.4. The zero-order valence-electron chi connectivity index (χ0n) is 14.9. The van der Waals surface area contributed by atoms with Crippen LogP contribution in [0.25, 0.3) is 11.1 Å². The molecule has 0 radical (unpaired) electrons. The molecule has 0 aromatic heterocycles. The van der Waals surface area contributed by atoms with E-state index in [1.807, 2.05) is 0 Å². The van der Waals surface area contributed by atoms with E-state index < -0.39 is 11.7 Å². The van der Waals surface area contributed by atoms with Crippen molar-refractivity contribution in [2.24, 2.45) is 0 Å². The molecule has 7 heteroatoms. The molecule has 1 amide bonds. The van der Waals surface area contributed by atoms with Crippen molar-refractivity contribution in [2.75, 3.05) is 18.2 Å². The van der Waals surface area contributed by atoms with Gasteiger partial charge in [0.15, 0.2) is 0 Å². The lowest BCUT2D eigenvalue weighted by Gasteiger charge is -2.12. The number of ether oxygens (including phenoxy) is 1. The normalized spacial score (nSPS) is 11.1. The fourth-order valence-corrected chi connectivity index (χ4v) is 2.63. The summed E-state index contributed by atoms with van der Waals surface area (Å²) in [6.45, 7) is 0. The molecule has 0 aliphatic carbocycles. The number of hydrogen-bond donors (Lipinski definition) is 2. The molecule has 0 unspecified atom stereocenters. The fourth-order valence-electron chi connectivity index (χ4n) is 2.63. The van der Waals surface area contributed by atoms with Crippen molar-refractivity contribution in [3.05, 3.63) is 77.9 Å². The van der Waals surface area contributed by atoms with Crippen LogP contribution in [0.4, 0.5) is 24.5 Å². The molecule has 3 aromatic rings. The number of benzene rings is 3. The molecule has 0 heterocycles. The Kier molecular flexibility index (Phi) is 5.26. The van der Waals surface area contributed by atoms with Gasteiger partial charge in [-0.05, 0) is 59.7 Å². The van der Waals surface area contributed by atoms with Crippen LogP contribution in [0.2, 0.25) is 0 Å². The molecule has 0 saturated carbocycles. The molecule has 3 aromatic carbocycles. The standard InChI is InChI=1S/C21H17F3N2O2/c1-28-17-9-4-14(5-10-17)20(27)26-19-12-15(6-11-18(19)25)13-2-7-16(8-3-13)21(22,23)24/h2-12H,25H2,1H3,(H,26,27). The van der Waals surface area contributed by atoms with E-state index in [4.69, 9.17) is 10.5 Å². The van der Waals surface area contributed by atoms with E-state index in [1.165, 1.54) is 19.2 Å². The van der Waals surface area contributed by atoms with Gasteiger partial charge in [-0.15, -0.1) is 0 Å². The van der Waals surface area contributed by atoms with Crippen LogP contribution >= 0.6 is 0 Å². The number of alkyl halides is 3. The number of nitrogens with two attached hydrogens (primary N) is 1. The predicted octanol–water partition coefficient (Wildman–Crippen LogP) is 5.22. The number of anilines is 2. The molecule has 0 aliphatic rings. The van der Waals surface area contributed by atoms with Crippen LogP contribution in [0.3, 0.4) is 0 Å². The quantitative estimate of drug-likeness (QED) is 0.605. The van der Waals surface area contributed by atoms with E-state index in [0.717, 1.165) is 12.1 Å². The summed E-state index contributed by atoms with van der Waals surface area (Å²) in [5.74, 6) is 0.263. The fraction of sp³-hybridized carbons (Fsp3) is 0.0952. The lowest BCUT2D eigenvalue weighted by Crippen LogP contribution is -2.13. The van der Waals surface area contributed by atoms with Crippen LogP contribution in [0.1, 0.15) is 15.9 Å². The van der Waals surface area contributed by atoms with E-state index in [9.17, 15) is 18.0 Å². The van der Waals surface area contributed by atoms with Crippen LogP contribution < -0.4 is 15.8 Å². The van der Waals surface area contributed by atoms with E-state index in [1.54, 1.807) is 42.5 Å². The number of halogens is 3. The molecule has 0 bridgehead atoms. The molecule has 0 atom stereocenters. The van der Waals surface area contributed by atoms with Crippen LogP contribution in [0, 0.1) is 0 Å². The monoisotopic (exact) mass is 386 g/mol. The largest absolute Gasteiger partial charge is 0.497 e. The minimum Gasteiger partial charge on any atom is -0.497 e. The summed E-state index contributed by atoms with van der Waals surface area (Å²) in [5.41, 5.74) is 7.56. The van der Waals surface area contributed by atoms with Gasteiger partial charge >= 0.3 is 6.18 Å². The number of amides is 1. The molecule has 0 aliphatic heterocycles. The smallest absolute Gasteiger partial charge is 0.416 e. The van der Waals surface area contributed by atoms with Gasteiger partial charge in [0.2, 0.25) is 0 Å². The van der Waals surface area contributed by atoms with Gasteiger partial charge in [-0.2, -0.15) is 13.2 Å². The van der Waals surface area contributed by atoms with Gasteiger partial charge in [0.05, 0.1) is 24.0 Å². The van der Waals surface area contributed by atoms with E-state index in [2.05, 4.69) is 5.32 Å². The van der Waals surface area contributed by atoms with Crippen LogP contribution in [-0.2, 0) is 6.18 Å². The highest BCUT2D eigenvalue weighted by Gasteiger charge is 2.29. The third-order valence-corrected chi connectivity index (χ3v) is 4.20. The number of methoxy groups -OCH3 is 1. The van der Waals surface area contributed by atoms with Gasteiger partial charge in [-0.25, -0.2) is 0 Å². The van der Waals surface area contributed by atoms with Crippen molar-refractivity contribution in [3.8, 4) is 16.9 Å². The molecule has 144 valence electrons. The number of carbonyl (C=O) groups is 1. The molecular formula is C21H17F3N2O2. The minimum absolute atomic E-state index is 0.345. The Balaban J connectivity index is 1.84. The summed E-state index contributed by atoms with van der Waals surface area (Å²) < 4.78 is 43.2. The molecule has 28 heavy (non-hydrogen) atoms. The highest BCUT2D eigenvalue weighted by molar-refractivity contribution is 6.06. The Bertz CT molecular complexity index is 982. The Hall–Kier alpha value is -3.48. The molecule has 0 saturated heterocycles. The first-order valence-electron chi connectivity index (χ1n) is 8.30. The SMILES string of the molecule is COc1ccc(C(=O)Nc2cc(-c3ccc(C(F)(F)F)cc3)ccc2N)cc1. The molecule has 0 fully saturated rings. The number of hydrogen-bond acceptors (Lipinski definition) is 3. The summed E-state index contributed by atoms with van der Waals surface area (Å²) in [6, 6.07) is 16.2. The van der Waals surface area contributed by atoms with Crippen molar-refractivity contribution in [3.63, 3.8) is 0 Å². The maximum atomic E-state index is 12.7. The lowest BCUT2D eigenvalue weighted by atomic mass is 10.0.